The van der Waals surface area contributed by atoms with Crippen LogP contribution in [-0.2, 0) is 11.3 Å². The van der Waals surface area contributed by atoms with E-state index in [1.54, 1.807) is 24.3 Å². The van der Waals surface area contributed by atoms with E-state index in [2.05, 4.69) is 10.6 Å². The third kappa shape index (κ3) is 3.51. The lowest BCUT2D eigenvalue weighted by Gasteiger charge is -2.37. The highest BCUT2D eigenvalue weighted by Gasteiger charge is 2.44. The van der Waals surface area contributed by atoms with Crippen molar-refractivity contribution in [1.29, 1.82) is 5.26 Å². The molecule has 1 fully saturated rings. The summed E-state index contributed by atoms with van der Waals surface area (Å²) in [4.78, 5) is 22.8. The van der Waals surface area contributed by atoms with Gasteiger partial charge in [0.2, 0.25) is 0 Å². The van der Waals surface area contributed by atoms with E-state index in [4.69, 9.17) is 10.4 Å². The summed E-state index contributed by atoms with van der Waals surface area (Å²) < 4.78 is 0. The molecule has 0 aliphatic heterocycles. The van der Waals surface area contributed by atoms with Crippen molar-refractivity contribution < 1.29 is 14.7 Å². The standard InChI is InChI=1S/C15H17N3O3/c16-8-11-2-4-12(5-3-11)9-17-14(21)18-10-15(13(19)20)6-1-7-15/h2-5H,1,6-7,9-10H2,(H,19,20)(H2,17,18,21). The van der Waals surface area contributed by atoms with Crippen LogP contribution >= 0.6 is 0 Å². The Morgan fingerprint density at radius 1 is 1.24 bits per heavy atom. The molecular weight excluding hydrogens is 270 g/mol. The third-order valence-corrected chi connectivity index (χ3v) is 3.89. The third-order valence-electron chi connectivity index (χ3n) is 3.89. The quantitative estimate of drug-likeness (QED) is 0.765. The van der Waals surface area contributed by atoms with Gasteiger partial charge >= 0.3 is 12.0 Å². The number of hydrogen-bond donors (Lipinski definition) is 3. The molecule has 21 heavy (non-hydrogen) atoms. The summed E-state index contributed by atoms with van der Waals surface area (Å²) in [6.45, 7) is 0.485. The molecule has 0 atom stereocenters. The van der Waals surface area contributed by atoms with E-state index in [0.29, 0.717) is 24.9 Å². The van der Waals surface area contributed by atoms with Crippen LogP contribution in [0.5, 0.6) is 0 Å². The number of rotatable bonds is 5. The first-order chi connectivity index (χ1) is 10.1. The number of nitrogens with one attached hydrogen (secondary N) is 2. The zero-order valence-electron chi connectivity index (χ0n) is 11.6. The Labute approximate surface area is 122 Å². The molecule has 1 saturated carbocycles. The number of nitriles is 1. The van der Waals surface area contributed by atoms with Crippen LogP contribution in [-0.4, -0.2) is 23.7 Å². The first-order valence-corrected chi connectivity index (χ1v) is 6.80. The number of amides is 2. The smallest absolute Gasteiger partial charge is 0.315 e. The summed E-state index contributed by atoms with van der Waals surface area (Å²) in [5.41, 5.74) is 0.656. The van der Waals surface area contributed by atoms with Gasteiger partial charge in [-0.3, -0.25) is 4.79 Å². The van der Waals surface area contributed by atoms with Crippen molar-refractivity contribution in [3.63, 3.8) is 0 Å². The number of nitrogens with zero attached hydrogens (tertiary/aromatic N) is 1. The summed E-state index contributed by atoms with van der Waals surface area (Å²) in [5.74, 6) is -0.846. The summed E-state index contributed by atoms with van der Waals surface area (Å²) >= 11 is 0. The second-order valence-corrected chi connectivity index (χ2v) is 5.28. The van der Waals surface area contributed by atoms with Crippen LogP contribution < -0.4 is 10.6 Å². The summed E-state index contributed by atoms with van der Waals surface area (Å²) in [6.07, 6.45) is 2.11. The second-order valence-electron chi connectivity index (χ2n) is 5.28. The number of benzene rings is 1. The molecule has 0 spiro atoms. The molecular formula is C15H17N3O3. The zero-order valence-corrected chi connectivity index (χ0v) is 11.6. The highest BCUT2D eigenvalue weighted by molar-refractivity contribution is 5.78. The lowest BCUT2D eigenvalue weighted by molar-refractivity contribution is -0.153. The molecule has 2 amide bonds. The molecule has 3 N–H and O–H groups in total. The van der Waals surface area contributed by atoms with Gasteiger partial charge in [0, 0.05) is 13.1 Å². The fourth-order valence-corrected chi connectivity index (χ4v) is 2.26. The molecule has 0 unspecified atom stereocenters. The average molecular weight is 287 g/mol. The first kappa shape index (κ1) is 14.9. The SMILES string of the molecule is N#Cc1ccc(CNC(=O)NCC2(C(=O)O)CCC2)cc1. The lowest BCUT2D eigenvalue weighted by Crippen LogP contribution is -2.49. The van der Waals surface area contributed by atoms with Gasteiger partial charge in [-0.2, -0.15) is 5.26 Å². The fourth-order valence-electron chi connectivity index (χ4n) is 2.26. The minimum absolute atomic E-state index is 0.154. The van der Waals surface area contributed by atoms with E-state index in [0.717, 1.165) is 12.0 Å². The Balaban J connectivity index is 1.77. The van der Waals surface area contributed by atoms with Gasteiger partial charge in [-0.25, -0.2) is 4.79 Å². The van der Waals surface area contributed by atoms with Gasteiger partial charge in [0.1, 0.15) is 0 Å². The summed E-state index contributed by atoms with van der Waals surface area (Å²) in [5, 5.41) is 23.1. The zero-order chi connectivity index (χ0) is 15.3. The molecule has 0 heterocycles. The molecule has 1 aliphatic carbocycles. The molecule has 6 nitrogen and oxygen atoms in total. The molecule has 2 rings (SSSR count). The van der Waals surface area contributed by atoms with Crippen molar-refractivity contribution >= 4 is 12.0 Å². The topological polar surface area (TPSA) is 102 Å². The number of hydrogen-bond acceptors (Lipinski definition) is 3. The van der Waals surface area contributed by atoms with E-state index >= 15 is 0 Å². The van der Waals surface area contributed by atoms with Crippen LogP contribution in [0.4, 0.5) is 4.79 Å². The summed E-state index contributed by atoms with van der Waals surface area (Å²) in [7, 11) is 0. The van der Waals surface area contributed by atoms with Crippen LogP contribution in [0.1, 0.15) is 30.4 Å². The molecule has 1 aromatic carbocycles. The van der Waals surface area contributed by atoms with E-state index in [1.807, 2.05) is 6.07 Å². The van der Waals surface area contributed by atoms with Crippen molar-refractivity contribution in [3.05, 3.63) is 35.4 Å². The van der Waals surface area contributed by atoms with Crippen LogP contribution in [0.3, 0.4) is 0 Å². The maximum absolute atomic E-state index is 11.7. The van der Waals surface area contributed by atoms with Gasteiger partial charge in [0.15, 0.2) is 0 Å². The predicted octanol–water partition coefficient (Wildman–Crippen LogP) is 1.61. The van der Waals surface area contributed by atoms with Gasteiger partial charge in [0.05, 0.1) is 17.0 Å². The van der Waals surface area contributed by atoms with Gasteiger partial charge in [0.25, 0.3) is 0 Å². The number of urea groups is 1. The number of aliphatic carboxylic acids is 1. The van der Waals surface area contributed by atoms with E-state index < -0.39 is 11.4 Å². The van der Waals surface area contributed by atoms with Crippen molar-refractivity contribution in [3.8, 4) is 6.07 Å². The molecule has 110 valence electrons. The van der Waals surface area contributed by atoms with Crippen LogP contribution in [0, 0.1) is 16.7 Å². The largest absolute Gasteiger partial charge is 0.481 e. The van der Waals surface area contributed by atoms with Crippen molar-refractivity contribution in [2.75, 3.05) is 6.54 Å². The molecule has 6 heteroatoms. The number of carboxylic acids is 1. The number of carbonyl (C=O) groups is 2. The van der Waals surface area contributed by atoms with Crippen molar-refractivity contribution in [2.45, 2.75) is 25.8 Å². The van der Waals surface area contributed by atoms with Crippen LogP contribution in [0.25, 0.3) is 0 Å². The van der Waals surface area contributed by atoms with E-state index in [9.17, 15) is 9.59 Å². The Morgan fingerprint density at radius 2 is 1.90 bits per heavy atom. The van der Waals surface area contributed by atoms with Gasteiger partial charge in [-0.15, -0.1) is 0 Å². The monoisotopic (exact) mass is 287 g/mol. The average Bonchev–Trinajstić information content (AvgIpc) is 2.44. The maximum Gasteiger partial charge on any atom is 0.315 e. The minimum Gasteiger partial charge on any atom is -0.481 e. The molecule has 0 bridgehead atoms. The Hall–Kier alpha value is -2.55. The van der Waals surface area contributed by atoms with Crippen LogP contribution in [0.15, 0.2) is 24.3 Å². The molecule has 0 aromatic heterocycles. The molecule has 1 aromatic rings. The highest BCUT2D eigenvalue weighted by Crippen LogP contribution is 2.40. The Kier molecular flexibility index (Phi) is 4.43. The molecule has 0 saturated heterocycles. The normalized spacial score (nSPS) is 15.4. The Morgan fingerprint density at radius 3 is 2.38 bits per heavy atom. The lowest BCUT2D eigenvalue weighted by atomic mass is 9.69. The van der Waals surface area contributed by atoms with Gasteiger partial charge in [-0.05, 0) is 30.5 Å². The first-order valence-electron chi connectivity index (χ1n) is 6.80. The summed E-state index contributed by atoms with van der Waals surface area (Å²) in [6, 6.07) is 8.54. The van der Waals surface area contributed by atoms with Gasteiger partial charge in [-0.1, -0.05) is 18.6 Å². The number of carboxylic acid groups (broad SMARTS) is 1. The highest BCUT2D eigenvalue weighted by atomic mass is 16.4. The molecule has 0 radical (unpaired) electrons. The van der Waals surface area contributed by atoms with Crippen LogP contribution in [0.2, 0.25) is 0 Å². The van der Waals surface area contributed by atoms with E-state index in [1.165, 1.54) is 0 Å². The molecule has 1 aliphatic rings. The van der Waals surface area contributed by atoms with Gasteiger partial charge < -0.3 is 15.7 Å². The van der Waals surface area contributed by atoms with Crippen molar-refractivity contribution in [2.24, 2.45) is 5.41 Å². The fraction of sp³-hybridized carbons (Fsp3) is 0.400. The maximum atomic E-state index is 11.7. The van der Waals surface area contributed by atoms with Crippen molar-refractivity contribution in [1.82, 2.24) is 10.6 Å². The predicted molar refractivity (Wildman–Crippen MR) is 75.3 cm³/mol. The Bertz CT molecular complexity index is 571. The van der Waals surface area contributed by atoms with E-state index in [-0.39, 0.29) is 12.6 Å². The number of carbonyl (C=O) groups excluding carboxylic acids is 1. The second kappa shape index (κ2) is 6.27. The minimum atomic E-state index is -0.846.